The van der Waals surface area contributed by atoms with Gasteiger partial charge in [-0.15, -0.1) is 0 Å². The third kappa shape index (κ3) is 3.32. The zero-order chi connectivity index (χ0) is 17.6. The molecule has 4 aromatic rings. The Bertz CT molecular complexity index is 1100. The second kappa shape index (κ2) is 7.11. The molecular formula is C24H10N2. The number of nitrogens with zero attached hydrogens (tertiary/aromatic N) is 2. The molecule has 0 bridgehead atoms. The SMILES string of the molecule is c1c#cc2cnccc2c#cc2ccccc2c#cc2ccncc2c#1. The molecule has 0 unspecified atom stereocenters. The van der Waals surface area contributed by atoms with Crippen LogP contribution in [0, 0.1) is 48.5 Å². The Hall–Kier alpha value is -4.24. The van der Waals surface area contributed by atoms with Crippen molar-refractivity contribution in [2.45, 2.75) is 0 Å². The first kappa shape index (κ1) is 15.3. The number of aromatic nitrogens is 2. The fraction of sp³-hybridized carbons (Fsp3) is 0. The molecule has 0 amide bonds. The quantitative estimate of drug-likeness (QED) is 0.472. The minimum atomic E-state index is 0.751. The van der Waals surface area contributed by atoms with E-state index in [1.54, 1.807) is 24.8 Å². The van der Waals surface area contributed by atoms with Crippen LogP contribution in [0.5, 0.6) is 0 Å². The summed E-state index contributed by atoms with van der Waals surface area (Å²) in [6.45, 7) is 0. The van der Waals surface area contributed by atoms with E-state index in [0.29, 0.717) is 0 Å². The molecule has 0 N–H and O–H groups in total. The van der Waals surface area contributed by atoms with Crippen LogP contribution in [0.4, 0.5) is 0 Å². The van der Waals surface area contributed by atoms with Crippen LogP contribution in [-0.2, 0) is 0 Å². The smallest absolute Gasteiger partial charge is 0.0595 e. The van der Waals surface area contributed by atoms with Crippen molar-refractivity contribution in [1.29, 1.82) is 0 Å². The van der Waals surface area contributed by atoms with Gasteiger partial charge in [0.05, 0.1) is 10.8 Å². The lowest BCUT2D eigenvalue weighted by Gasteiger charge is -1.86. The Morgan fingerprint density at radius 3 is 1.35 bits per heavy atom. The number of hydrogen-bond acceptors (Lipinski definition) is 2. The fourth-order valence-corrected chi connectivity index (χ4v) is 2.37. The van der Waals surface area contributed by atoms with E-state index in [0.717, 1.165) is 32.3 Å². The Labute approximate surface area is 152 Å². The summed E-state index contributed by atoms with van der Waals surface area (Å²) in [5.41, 5.74) is 0. The average Bonchev–Trinajstić information content (AvgIpc) is 2.69. The molecule has 2 heteroatoms. The Morgan fingerprint density at radius 1 is 0.462 bits per heavy atom. The van der Waals surface area contributed by atoms with Crippen molar-refractivity contribution < 1.29 is 0 Å². The summed E-state index contributed by atoms with van der Waals surface area (Å²) in [6, 6.07) is 36.1. The molecule has 0 aliphatic heterocycles. The van der Waals surface area contributed by atoms with Crippen LogP contribution in [0.15, 0.2) is 61.2 Å². The molecule has 0 saturated heterocycles. The van der Waals surface area contributed by atoms with E-state index in [4.69, 9.17) is 0 Å². The molecule has 2 nitrogen and oxygen atoms in total. The van der Waals surface area contributed by atoms with Gasteiger partial charge in [0.2, 0.25) is 0 Å². The first-order chi connectivity index (χ1) is 12.9. The minimum absolute atomic E-state index is 0.751. The summed E-state index contributed by atoms with van der Waals surface area (Å²) >= 11 is 0. The minimum Gasteiger partial charge on any atom is -0.263 e. The number of pyridine rings is 2. The van der Waals surface area contributed by atoms with E-state index in [-0.39, 0.29) is 0 Å². The van der Waals surface area contributed by atoms with Crippen LogP contribution >= 0.6 is 0 Å². The summed E-state index contributed by atoms with van der Waals surface area (Å²) < 4.78 is 0. The Morgan fingerprint density at radius 2 is 0.885 bits per heavy atom. The standard InChI is InChI=1S/C24H10N2/c1-2-6-20-10-12-22-14-16-26-18-24(22)8-4-3-7-23-17-25-15-13-21(23)11-9-19(20)5-1/h1-2,5-6,13-18H. The van der Waals surface area contributed by atoms with E-state index in [1.165, 1.54) is 0 Å². The largest absolute Gasteiger partial charge is 0.263 e. The molecule has 2 aromatic carbocycles. The van der Waals surface area contributed by atoms with Gasteiger partial charge in [-0.1, -0.05) is 36.4 Å². The maximum atomic E-state index is 4.13. The molecule has 0 aliphatic carbocycles. The molecule has 0 atom stereocenters. The highest BCUT2D eigenvalue weighted by molar-refractivity contribution is 5.82. The zero-order valence-corrected chi connectivity index (χ0v) is 13.7. The zero-order valence-electron chi connectivity index (χ0n) is 13.7. The van der Waals surface area contributed by atoms with Crippen LogP contribution in [-0.4, -0.2) is 9.97 Å². The molecule has 0 spiro atoms. The topological polar surface area (TPSA) is 25.8 Å². The number of benzene rings is 1. The van der Waals surface area contributed by atoms with Crippen molar-refractivity contribution in [1.82, 2.24) is 9.97 Å². The predicted octanol–water partition coefficient (Wildman–Crippen LogP) is 4.59. The fourth-order valence-electron chi connectivity index (χ4n) is 2.37. The van der Waals surface area contributed by atoms with Gasteiger partial charge < -0.3 is 0 Å². The molecule has 0 fully saturated rings. The van der Waals surface area contributed by atoms with Crippen LogP contribution in [0.2, 0.25) is 0 Å². The highest BCUT2D eigenvalue weighted by Crippen LogP contribution is 2.08. The molecule has 0 radical (unpaired) electrons. The first-order valence-electron chi connectivity index (χ1n) is 7.93. The maximum Gasteiger partial charge on any atom is 0.0595 e. The molecular weight excluding hydrogens is 316 g/mol. The summed E-state index contributed by atoms with van der Waals surface area (Å²) in [4.78, 5) is 8.26. The van der Waals surface area contributed by atoms with Crippen LogP contribution in [0.25, 0.3) is 32.3 Å². The molecule has 26 heavy (non-hydrogen) atoms. The number of fused-ring (bicyclic) bond motifs is 3. The van der Waals surface area contributed by atoms with Gasteiger partial charge in [-0.25, -0.2) is 0 Å². The van der Waals surface area contributed by atoms with Gasteiger partial charge in [-0.05, 0) is 48.5 Å². The van der Waals surface area contributed by atoms with Crippen molar-refractivity contribution in [3.05, 3.63) is 110 Å². The third-order valence-electron chi connectivity index (χ3n) is 3.69. The van der Waals surface area contributed by atoms with Crippen molar-refractivity contribution in [2.75, 3.05) is 0 Å². The van der Waals surface area contributed by atoms with Crippen molar-refractivity contribution in [3.8, 4) is 0 Å². The molecule has 4 rings (SSSR count). The summed E-state index contributed by atoms with van der Waals surface area (Å²) in [7, 11) is 0. The number of hydrogen-bond donors (Lipinski definition) is 0. The molecule has 2 heterocycles. The van der Waals surface area contributed by atoms with Crippen molar-refractivity contribution in [2.24, 2.45) is 0 Å². The van der Waals surface area contributed by atoms with Gasteiger partial charge in [0.1, 0.15) is 0 Å². The third-order valence-corrected chi connectivity index (χ3v) is 3.69. The number of rotatable bonds is 0. The monoisotopic (exact) mass is 326 g/mol. The second-order valence-corrected chi connectivity index (χ2v) is 5.39. The van der Waals surface area contributed by atoms with Crippen LogP contribution < -0.4 is 0 Å². The highest BCUT2D eigenvalue weighted by Gasteiger charge is 1.88. The lowest BCUT2D eigenvalue weighted by molar-refractivity contribution is 1.37. The van der Waals surface area contributed by atoms with Crippen molar-refractivity contribution in [3.63, 3.8) is 0 Å². The average molecular weight is 326 g/mol. The highest BCUT2D eigenvalue weighted by atomic mass is 14.6. The molecule has 0 saturated carbocycles. The van der Waals surface area contributed by atoms with Gasteiger partial charge in [0.25, 0.3) is 0 Å². The van der Waals surface area contributed by atoms with Gasteiger partial charge in [-0.3, -0.25) is 9.97 Å². The molecule has 0 aliphatic rings. The summed E-state index contributed by atoms with van der Waals surface area (Å²) in [5.74, 6) is 0. The van der Waals surface area contributed by atoms with Crippen LogP contribution in [0.3, 0.4) is 0 Å². The van der Waals surface area contributed by atoms with Gasteiger partial charge in [-0.2, -0.15) is 0 Å². The Balaban J connectivity index is 2.13. The van der Waals surface area contributed by atoms with Gasteiger partial charge in [0.15, 0.2) is 0 Å². The van der Waals surface area contributed by atoms with Crippen molar-refractivity contribution >= 4 is 32.3 Å². The summed E-state index contributed by atoms with van der Waals surface area (Å²) in [6.07, 6.45) is 6.81. The predicted molar refractivity (Wildman–Crippen MR) is 100 cm³/mol. The van der Waals surface area contributed by atoms with E-state index in [2.05, 4.69) is 58.5 Å². The normalized spacial score (nSPS) is 9.08. The summed E-state index contributed by atoms with van der Waals surface area (Å²) in [5, 5.41) is 4.87. The van der Waals surface area contributed by atoms with E-state index in [1.807, 2.05) is 36.4 Å². The van der Waals surface area contributed by atoms with E-state index >= 15 is 0 Å². The molecule has 2 aromatic heterocycles. The lowest BCUT2D eigenvalue weighted by Crippen LogP contribution is -1.69. The molecule has 116 valence electrons. The maximum absolute atomic E-state index is 4.13. The van der Waals surface area contributed by atoms with Crippen LogP contribution in [0.1, 0.15) is 0 Å². The lowest BCUT2D eigenvalue weighted by atomic mass is 10.2. The van der Waals surface area contributed by atoms with E-state index < -0.39 is 0 Å². The first-order valence-corrected chi connectivity index (χ1v) is 7.93. The van der Waals surface area contributed by atoms with Gasteiger partial charge in [0, 0.05) is 46.3 Å². The van der Waals surface area contributed by atoms with E-state index in [9.17, 15) is 0 Å². The Kier molecular flexibility index (Phi) is 4.18. The van der Waals surface area contributed by atoms with Gasteiger partial charge >= 0.3 is 0 Å². The second-order valence-electron chi connectivity index (χ2n) is 5.39.